The molecule has 7 heteroatoms. The van der Waals surface area contributed by atoms with Gasteiger partial charge < -0.3 is 20.8 Å². The second-order valence-corrected chi connectivity index (χ2v) is 6.72. The molecule has 1 aliphatic rings. The standard InChI is InChI=1S/C25H21N3O4/c29-16-15-27-25(32)20-9-5-18(6-10-20)3-1-2-4-19-7-11-21(12-8-19)28-17-22-24(31)23(30)13-14-26-22/h5-12,14,28-29,31H,13,15-17H2,(H,27,32). The summed E-state index contributed by atoms with van der Waals surface area (Å²) < 4.78 is 0. The number of aliphatic imine (C=N–C) groups is 1. The second-order valence-electron chi connectivity index (χ2n) is 6.72. The second kappa shape index (κ2) is 11.2. The number of ketones is 1. The first-order valence-electron chi connectivity index (χ1n) is 9.90. The molecule has 0 fully saturated rings. The molecular weight excluding hydrogens is 406 g/mol. The highest BCUT2D eigenvalue weighted by atomic mass is 16.3. The van der Waals surface area contributed by atoms with E-state index in [1.165, 1.54) is 6.21 Å². The number of hydrogen-bond acceptors (Lipinski definition) is 6. The summed E-state index contributed by atoms with van der Waals surface area (Å²) in [4.78, 5) is 27.3. The third-order valence-electron chi connectivity index (χ3n) is 4.43. The highest BCUT2D eigenvalue weighted by Gasteiger charge is 2.16. The van der Waals surface area contributed by atoms with Crippen molar-refractivity contribution >= 4 is 23.6 Å². The molecule has 3 rings (SSSR count). The number of anilines is 1. The molecule has 0 radical (unpaired) electrons. The fourth-order valence-electron chi connectivity index (χ4n) is 2.73. The van der Waals surface area contributed by atoms with Crippen LogP contribution in [0.25, 0.3) is 0 Å². The molecule has 0 saturated carbocycles. The predicted molar refractivity (Wildman–Crippen MR) is 122 cm³/mol. The Morgan fingerprint density at radius 2 is 1.62 bits per heavy atom. The average Bonchev–Trinajstić information content (AvgIpc) is 2.82. The monoisotopic (exact) mass is 427 g/mol. The maximum absolute atomic E-state index is 11.8. The van der Waals surface area contributed by atoms with Gasteiger partial charge in [-0.2, -0.15) is 0 Å². The molecule has 2 aromatic rings. The van der Waals surface area contributed by atoms with Gasteiger partial charge in [0.2, 0.25) is 5.78 Å². The van der Waals surface area contributed by atoms with Crippen LogP contribution in [0.4, 0.5) is 5.69 Å². The summed E-state index contributed by atoms with van der Waals surface area (Å²) in [6.45, 7) is 0.351. The fourth-order valence-corrected chi connectivity index (χ4v) is 2.73. The summed E-state index contributed by atoms with van der Waals surface area (Å²) in [6.07, 6.45) is 1.61. The van der Waals surface area contributed by atoms with Crippen LogP contribution in [0.5, 0.6) is 0 Å². The molecule has 32 heavy (non-hydrogen) atoms. The summed E-state index contributed by atoms with van der Waals surface area (Å²) >= 11 is 0. The minimum Gasteiger partial charge on any atom is -0.503 e. The normalized spacial score (nSPS) is 12.3. The lowest BCUT2D eigenvalue weighted by Gasteiger charge is -2.11. The van der Waals surface area contributed by atoms with Gasteiger partial charge in [0, 0.05) is 41.6 Å². The van der Waals surface area contributed by atoms with E-state index in [-0.39, 0.29) is 43.6 Å². The number of aliphatic hydroxyl groups excluding tert-OH is 2. The zero-order valence-electron chi connectivity index (χ0n) is 17.2. The molecule has 1 heterocycles. The van der Waals surface area contributed by atoms with Gasteiger partial charge in [0.1, 0.15) is 5.70 Å². The maximum Gasteiger partial charge on any atom is 0.251 e. The molecule has 0 spiro atoms. The molecule has 160 valence electrons. The van der Waals surface area contributed by atoms with Gasteiger partial charge in [0.15, 0.2) is 5.76 Å². The van der Waals surface area contributed by atoms with Crippen LogP contribution in [0.1, 0.15) is 27.9 Å². The molecule has 2 aromatic carbocycles. The van der Waals surface area contributed by atoms with E-state index >= 15 is 0 Å². The third-order valence-corrected chi connectivity index (χ3v) is 4.43. The Morgan fingerprint density at radius 3 is 2.25 bits per heavy atom. The van der Waals surface area contributed by atoms with Crippen molar-refractivity contribution in [1.82, 2.24) is 5.32 Å². The molecule has 1 amide bonds. The Labute approximate surface area is 185 Å². The number of carbonyl (C=O) groups is 2. The van der Waals surface area contributed by atoms with Gasteiger partial charge in [-0.25, -0.2) is 0 Å². The highest BCUT2D eigenvalue weighted by molar-refractivity contribution is 6.04. The highest BCUT2D eigenvalue weighted by Crippen LogP contribution is 2.14. The fraction of sp³-hybridized carbons (Fsp3) is 0.160. The van der Waals surface area contributed by atoms with Crippen LogP contribution >= 0.6 is 0 Å². The number of allylic oxidation sites excluding steroid dienone is 1. The van der Waals surface area contributed by atoms with Gasteiger partial charge in [-0.05, 0) is 60.4 Å². The summed E-state index contributed by atoms with van der Waals surface area (Å²) in [6, 6.07) is 14.1. The number of aliphatic hydroxyl groups is 2. The Morgan fingerprint density at radius 1 is 1.00 bits per heavy atom. The van der Waals surface area contributed by atoms with E-state index in [1.54, 1.807) is 24.3 Å². The summed E-state index contributed by atoms with van der Waals surface area (Å²) in [5.41, 5.74) is 3.14. The zero-order valence-corrected chi connectivity index (χ0v) is 17.2. The topological polar surface area (TPSA) is 111 Å². The third kappa shape index (κ3) is 6.33. The van der Waals surface area contributed by atoms with Crippen molar-refractivity contribution in [3.63, 3.8) is 0 Å². The van der Waals surface area contributed by atoms with Crippen LogP contribution in [0, 0.1) is 23.7 Å². The SMILES string of the molecule is O=C1CC=NC(CNc2ccc(C#CC#Cc3ccc(C(=O)NCCO)cc3)cc2)=C1O. The predicted octanol–water partition coefficient (Wildman–Crippen LogP) is 2.04. The molecule has 0 bridgehead atoms. The molecule has 7 nitrogen and oxygen atoms in total. The van der Waals surface area contributed by atoms with Crippen molar-refractivity contribution in [2.24, 2.45) is 4.99 Å². The van der Waals surface area contributed by atoms with Crippen molar-refractivity contribution in [3.05, 3.63) is 76.7 Å². The number of carbonyl (C=O) groups excluding carboxylic acids is 2. The zero-order chi connectivity index (χ0) is 22.8. The smallest absolute Gasteiger partial charge is 0.251 e. The van der Waals surface area contributed by atoms with Crippen molar-refractivity contribution in [2.45, 2.75) is 6.42 Å². The average molecular weight is 427 g/mol. The van der Waals surface area contributed by atoms with E-state index in [4.69, 9.17) is 5.11 Å². The Bertz CT molecular complexity index is 1170. The van der Waals surface area contributed by atoms with E-state index in [0.717, 1.165) is 16.8 Å². The van der Waals surface area contributed by atoms with E-state index < -0.39 is 0 Å². The first kappa shape index (κ1) is 22.4. The lowest BCUT2D eigenvalue weighted by atomic mass is 10.1. The number of rotatable bonds is 6. The van der Waals surface area contributed by atoms with Crippen LogP contribution in [0.15, 0.2) is 65.0 Å². The number of nitrogens with one attached hydrogen (secondary N) is 2. The Balaban J connectivity index is 1.54. The number of nitrogens with zero attached hydrogens (tertiary/aromatic N) is 1. The van der Waals surface area contributed by atoms with Crippen LogP contribution in [0.2, 0.25) is 0 Å². The van der Waals surface area contributed by atoms with Gasteiger partial charge in [0.25, 0.3) is 5.91 Å². The lowest BCUT2D eigenvalue weighted by molar-refractivity contribution is -0.117. The molecular formula is C25H21N3O4. The minimum absolute atomic E-state index is 0.104. The van der Waals surface area contributed by atoms with E-state index in [0.29, 0.717) is 11.3 Å². The van der Waals surface area contributed by atoms with E-state index in [9.17, 15) is 14.7 Å². The van der Waals surface area contributed by atoms with Gasteiger partial charge in [-0.15, -0.1) is 0 Å². The van der Waals surface area contributed by atoms with Crippen LogP contribution in [-0.2, 0) is 4.79 Å². The molecule has 0 aliphatic carbocycles. The number of Topliss-reactive ketones (excluding diaryl/α,β-unsaturated/α-hetero) is 1. The van der Waals surface area contributed by atoms with Crippen molar-refractivity contribution in [2.75, 3.05) is 25.0 Å². The summed E-state index contributed by atoms with van der Waals surface area (Å²) in [5.74, 6) is 10.6. The Hall–Kier alpha value is -4.33. The quantitative estimate of drug-likeness (QED) is 0.528. The minimum atomic E-state index is -0.331. The van der Waals surface area contributed by atoms with Crippen LogP contribution in [0.3, 0.4) is 0 Å². The largest absolute Gasteiger partial charge is 0.503 e. The first-order chi connectivity index (χ1) is 15.6. The van der Waals surface area contributed by atoms with Gasteiger partial charge in [-0.3, -0.25) is 14.6 Å². The lowest BCUT2D eigenvalue weighted by Crippen LogP contribution is -2.26. The number of benzene rings is 2. The van der Waals surface area contributed by atoms with E-state index in [2.05, 4.69) is 39.3 Å². The van der Waals surface area contributed by atoms with Crippen LogP contribution in [-0.4, -0.2) is 47.8 Å². The van der Waals surface area contributed by atoms with Gasteiger partial charge in [0.05, 0.1) is 13.2 Å². The van der Waals surface area contributed by atoms with Crippen molar-refractivity contribution < 1.29 is 19.8 Å². The Kier molecular flexibility index (Phi) is 7.80. The summed E-state index contributed by atoms with van der Waals surface area (Å²) in [7, 11) is 0. The molecule has 4 N–H and O–H groups in total. The summed E-state index contributed by atoms with van der Waals surface area (Å²) in [5, 5.41) is 24.2. The molecule has 0 aromatic heterocycles. The van der Waals surface area contributed by atoms with Crippen molar-refractivity contribution in [1.29, 1.82) is 0 Å². The van der Waals surface area contributed by atoms with Gasteiger partial charge >= 0.3 is 0 Å². The maximum atomic E-state index is 11.8. The van der Waals surface area contributed by atoms with E-state index in [1.807, 2.05) is 24.3 Å². The number of hydrogen-bond donors (Lipinski definition) is 4. The molecule has 0 saturated heterocycles. The molecule has 1 aliphatic heterocycles. The number of amides is 1. The van der Waals surface area contributed by atoms with Gasteiger partial charge in [-0.1, -0.05) is 11.8 Å². The van der Waals surface area contributed by atoms with Crippen LogP contribution < -0.4 is 10.6 Å². The molecule has 0 atom stereocenters. The molecule has 0 unspecified atom stereocenters. The van der Waals surface area contributed by atoms with Crippen molar-refractivity contribution in [3.8, 4) is 23.7 Å². The first-order valence-corrected chi connectivity index (χ1v) is 9.90.